The molecule has 0 atom stereocenters. The van der Waals surface area contributed by atoms with Crippen molar-refractivity contribution in [3.05, 3.63) is 96.1 Å². The second-order valence-corrected chi connectivity index (χ2v) is 12.0. The predicted molar refractivity (Wildman–Crippen MR) is 248 cm³/mol. The third-order valence-electron chi connectivity index (χ3n) is 8.58. The third kappa shape index (κ3) is 21.9. The molecule has 3 aromatic rings. The average molecular weight is 849 g/mol. The molecule has 4 aliphatic heterocycles. The zero-order chi connectivity index (χ0) is 45.5. The van der Waals surface area contributed by atoms with E-state index in [-0.39, 0.29) is 62.1 Å². The van der Waals surface area contributed by atoms with Gasteiger partial charge in [0, 0.05) is 79.6 Å². The van der Waals surface area contributed by atoms with Crippen molar-refractivity contribution < 1.29 is 38.4 Å². The van der Waals surface area contributed by atoms with Gasteiger partial charge in [-0.1, -0.05) is 155 Å². The Kier molecular flexibility index (Phi) is 36.6. The number of carbonyl (C=O) groups excluding carboxylic acids is 8. The predicted octanol–water partition coefficient (Wildman–Crippen LogP) is 9.38. The maximum Gasteiger partial charge on any atom is 0.229 e. The van der Waals surface area contributed by atoms with Gasteiger partial charge in [0.25, 0.3) is 0 Å². The molecule has 4 heterocycles. The van der Waals surface area contributed by atoms with Gasteiger partial charge in [-0.05, 0) is 28.7 Å². The van der Waals surface area contributed by atoms with Crippen LogP contribution in [0, 0.1) is 0 Å². The molecule has 61 heavy (non-hydrogen) atoms. The fourth-order valence-electron chi connectivity index (χ4n) is 5.22. The van der Waals surface area contributed by atoms with E-state index < -0.39 is 0 Å². The number of rotatable bonds is 0. The largest absolute Gasteiger partial charge is 0.286 e. The van der Waals surface area contributed by atoms with E-state index in [1.165, 1.54) is 70.0 Å². The number of fused-ring (bicyclic) bond motifs is 3. The maximum atomic E-state index is 10.5. The van der Waals surface area contributed by atoms with Crippen LogP contribution in [0.25, 0.3) is 11.1 Å². The first-order valence-corrected chi connectivity index (χ1v) is 20.7. The van der Waals surface area contributed by atoms with Gasteiger partial charge in [-0.3, -0.25) is 58.0 Å². The smallest absolute Gasteiger partial charge is 0.229 e. The Morgan fingerprint density at radius 2 is 0.459 bits per heavy atom. The molecule has 0 unspecified atom stereocenters. The van der Waals surface area contributed by atoms with Crippen molar-refractivity contribution in [2.45, 2.75) is 128 Å². The van der Waals surface area contributed by atoms with Gasteiger partial charge in [-0.2, -0.15) is 0 Å². The molecular weight excluding hydrogens is 773 g/mol. The Morgan fingerprint density at radius 3 is 0.607 bits per heavy atom. The van der Waals surface area contributed by atoms with Crippen molar-refractivity contribution in [2.75, 3.05) is 28.2 Å². The van der Waals surface area contributed by atoms with Gasteiger partial charge in [0.2, 0.25) is 47.3 Å². The molecule has 0 spiro atoms. The van der Waals surface area contributed by atoms with Crippen LogP contribution in [0.3, 0.4) is 0 Å². The van der Waals surface area contributed by atoms with Crippen LogP contribution in [0.5, 0.6) is 0 Å². The van der Waals surface area contributed by atoms with E-state index in [0.29, 0.717) is 51.4 Å². The summed E-state index contributed by atoms with van der Waals surface area (Å²) >= 11 is 0. The van der Waals surface area contributed by atoms with Gasteiger partial charge in [0.15, 0.2) is 0 Å². The molecule has 4 saturated heterocycles. The summed E-state index contributed by atoms with van der Waals surface area (Å²) in [4.78, 5) is 88.6. The number of hydrogen-bond donors (Lipinski definition) is 0. The first kappa shape index (κ1) is 61.9. The number of nitrogens with zero attached hydrogens (tertiary/aromatic N) is 4. The number of amides is 8. The van der Waals surface area contributed by atoms with Crippen molar-refractivity contribution in [3.63, 3.8) is 0 Å². The summed E-state index contributed by atoms with van der Waals surface area (Å²) in [5.41, 5.74) is 5.75. The first-order chi connectivity index (χ1) is 28.3. The molecule has 1 aliphatic carbocycles. The summed E-state index contributed by atoms with van der Waals surface area (Å²) in [6.07, 6.45) is 4.29. The number of imide groups is 4. The lowest BCUT2D eigenvalue weighted by Crippen LogP contribution is -2.23. The minimum atomic E-state index is -0.0602. The van der Waals surface area contributed by atoms with Crippen molar-refractivity contribution in [3.8, 4) is 11.1 Å². The Labute approximate surface area is 367 Å². The van der Waals surface area contributed by atoms with Crippen LogP contribution in [0.4, 0.5) is 0 Å². The van der Waals surface area contributed by atoms with Crippen LogP contribution in [-0.2, 0) is 44.8 Å². The Morgan fingerprint density at radius 1 is 0.295 bits per heavy atom. The molecule has 340 valence electrons. The van der Waals surface area contributed by atoms with Gasteiger partial charge in [0.05, 0.1) is 0 Å². The number of benzene rings is 3. The molecule has 4 fully saturated rings. The highest BCUT2D eigenvalue weighted by Crippen LogP contribution is 2.35. The third-order valence-corrected chi connectivity index (χ3v) is 8.58. The minimum Gasteiger partial charge on any atom is -0.286 e. The van der Waals surface area contributed by atoms with Crippen molar-refractivity contribution in [1.82, 2.24) is 19.6 Å². The zero-order valence-electron chi connectivity index (χ0n) is 37.5. The molecule has 3 aromatic carbocycles. The summed E-state index contributed by atoms with van der Waals surface area (Å²) in [5.74, 6) is -0.481. The van der Waals surface area contributed by atoms with E-state index in [2.05, 4.69) is 48.5 Å². The van der Waals surface area contributed by atoms with E-state index in [1.807, 2.05) is 91.8 Å². The van der Waals surface area contributed by atoms with Gasteiger partial charge in [-0.25, -0.2) is 0 Å². The average Bonchev–Trinajstić information content (AvgIpc) is 4.07. The Balaban J connectivity index is -0.000000312. The van der Waals surface area contributed by atoms with Gasteiger partial charge in [-0.15, -0.1) is 0 Å². The second-order valence-electron chi connectivity index (χ2n) is 12.0. The van der Waals surface area contributed by atoms with Gasteiger partial charge in [0.1, 0.15) is 0 Å². The SMILES string of the molecule is C.C.CC.CC.CC.CC.CN1C(=O)CCC1=O.CN1C(=O)CCC1=O.CN1C(=O)CCC1=O.CN1C(=O)CCC1=O.c1ccc2c(c1)Cc1ccccc1-2.c1ccccc1. The number of likely N-dealkylation sites (tertiary alicyclic amines) is 4. The second kappa shape index (κ2) is 36.1. The molecule has 0 radical (unpaired) electrons. The van der Waals surface area contributed by atoms with E-state index in [9.17, 15) is 38.4 Å². The van der Waals surface area contributed by atoms with Crippen LogP contribution in [0.2, 0.25) is 0 Å². The molecule has 12 heteroatoms. The summed E-state index contributed by atoms with van der Waals surface area (Å²) in [6, 6.07) is 29.3. The maximum absolute atomic E-state index is 10.5. The number of hydrogen-bond acceptors (Lipinski definition) is 8. The van der Waals surface area contributed by atoms with Crippen LogP contribution >= 0.6 is 0 Å². The Bertz CT molecular complexity index is 1490. The quantitative estimate of drug-likeness (QED) is 0.159. The topological polar surface area (TPSA) is 150 Å². The van der Waals surface area contributed by atoms with Gasteiger partial charge >= 0.3 is 0 Å². The molecule has 0 N–H and O–H groups in total. The van der Waals surface area contributed by atoms with E-state index in [4.69, 9.17) is 0 Å². The highest BCUT2D eigenvalue weighted by Gasteiger charge is 2.26. The fourth-order valence-corrected chi connectivity index (χ4v) is 5.22. The van der Waals surface area contributed by atoms with E-state index in [1.54, 1.807) is 0 Å². The normalized spacial score (nSPS) is 14.5. The van der Waals surface area contributed by atoms with Crippen LogP contribution in [-0.4, -0.2) is 95.0 Å². The lowest BCUT2D eigenvalue weighted by molar-refractivity contribution is -0.138. The van der Waals surface area contributed by atoms with Crippen molar-refractivity contribution >= 4 is 47.3 Å². The summed E-state index contributed by atoms with van der Waals surface area (Å²) < 4.78 is 0. The standard InChI is InChI=1S/C13H10.C6H6.4C5H7NO2.4C2H6.2CH4/c1-3-7-12-10(5-1)9-11-6-2-4-8-13(11)12;1-2-4-6-5-3-1;4*1-6-4(7)2-3-5(6)8;4*1-2;;/h1-8H,9H2;1-6H;4*2-3H2,1H3;4*1-2H3;2*1H4. The fraction of sp³-hybridized carbons (Fsp3) is 0.469. The first-order valence-electron chi connectivity index (χ1n) is 20.7. The molecule has 0 bridgehead atoms. The lowest BCUT2D eigenvalue weighted by Gasteiger charge is -2.01. The molecule has 0 saturated carbocycles. The molecule has 8 amide bonds. The number of carbonyl (C=O) groups is 8. The summed E-state index contributed by atoms with van der Waals surface area (Å²) in [5, 5.41) is 0. The van der Waals surface area contributed by atoms with E-state index in [0.717, 1.165) is 6.42 Å². The van der Waals surface area contributed by atoms with Crippen LogP contribution in [0.1, 0.15) is 133 Å². The van der Waals surface area contributed by atoms with Crippen molar-refractivity contribution in [2.24, 2.45) is 0 Å². The highest BCUT2D eigenvalue weighted by atomic mass is 16.2. The molecular formula is C49H76N4O8. The molecule has 0 aromatic heterocycles. The summed E-state index contributed by atoms with van der Waals surface area (Å²) in [6.45, 7) is 16.0. The molecule has 12 nitrogen and oxygen atoms in total. The lowest BCUT2D eigenvalue weighted by atomic mass is 10.1. The molecule has 5 aliphatic rings. The van der Waals surface area contributed by atoms with Crippen LogP contribution in [0.15, 0.2) is 84.9 Å². The van der Waals surface area contributed by atoms with Crippen molar-refractivity contribution in [1.29, 1.82) is 0 Å². The van der Waals surface area contributed by atoms with Crippen LogP contribution < -0.4 is 0 Å². The van der Waals surface area contributed by atoms with Gasteiger partial charge < -0.3 is 0 Å². The highest BCUT2D eigenvalue weighted by molar-refractivity contribution is 6.03. The molecule has 8 rings (SSSR count). The monoisotopic (exact) mass is 849 g/mol. The summed E-state index contributed by atoms with van der Waals surface area (Å²) in [7, 11) is 6.05. The zero-order valence-corrected chi connectivity index (χ0v) is 37.5. The Hall–Kier alpha value is -5.78. The minimum absolute atomic E-state index is 0. The van der Waals surface area contributed by atoms with E-state index >= 15 is 0 Å².